The molecule has 2 aromatic heterocycles. The molecule has 80 heavy (non-hydrogen) atoms. The molecule has 2 heterocycles. The summed E-state index contributed by atoms with van der Waals surface area (Å²) in [5.74, 6) is 1.80. The zero-order valence-electron chi connectivity index (χ0n) is 43.5. The van der Waals surface area contributed by atoms with Crippen molar-refractivity contribution in [3.63, 3.8) is 0 Å². The van der Waals surface area contributed by atoms with Crippen molar-refractivity contribution >= 4 is 54.1 Å². The molecule has 4 heteroatoms. The molecule has 16 rings (SSSR count). The molecule has 0 N–H and O–H groups in total. The van der Waals surface area contributed by atoms with Gasteiger partial charge in [-0.3, -0.25) is 0 Å². The lowest BCUT2D eigenvalue weighted by molar-refractivity contribution is 0.768. The van der Waals surface area contributed by atoms with Crippen LogP contribution in [-0.4, -0.2) is 19.5 Å². The fourth-order valence-electron chi connectivity index (χ4n) is 13.2. The number of hydrogen-bond acceptors (Lipinski definition) is 3. The molecule has 0 atom stereocenters. The normalized spacial score (nSPS) is 12.6. The third kappa shape index (κ3) is 7.06. The summed E-state index contributed by atoms with van der Waals surface area (Å²) in [7, 11) is 0. The van der Waals surface area contributed by atoms with E-state index in [0.717, 1.165) is 61.2 Å². The van der Waals surface area contributed by atoms with Gasteiger partial charge in [0.1, 0.15) is 0 Å². The molecule has 15 aromatic rings. The molecule has 0 unspecified atom stereocenters. The van der Waals surface area contributed by atoms with E-state index in [4.69, 9.17) is 15.0 Å². The highest BCUT2D eigenvalue weighted by Gasteiger charge is 2.47. The third-order valence-corrected chi connectivity index (χ3v) is 16.7. The molecule has 0 saturated heterocycles. The van der Waals surface area contributed by atoms with Gasteiger partial charge in [-0.25, -0.2) is 15.0 Å². The Morgan fingerprint density at radius 2 is 0.713 bits per heavy atom. The van der Waals surface area contributed by atoms with Crippen LogP contribution in [0, 0.1) is 0 Å². The van der Waals surface area contributed by atoms with Crippen LogP contribution in [0.3, 0.4) is 0 Å². The first-order valence-electron chi connectivity index (χ1n) is 27.4. The highest BCUT2D eigenvalue weighted by molar-refractivity contribution is 6.25. The SMILES string of the molecule is c1ccc(-c2ccc3c4ccccc4n(-c4cc(-c5ccc6c7ccccc7c7ccccc7c6c5)cc(-c5nc(-c6ccccc6)nc(-c6cccc7c6-c6ccccc6C7(c6ccccc6)c6ccccc6)n5)c4)c3c2)cc1. The number of aromatic nitrogens is 4. The average molecular weight is 1020 g/mol. The van der Waals surface area contributed by atoms with E-state index in [1.54, 1.807) is 0 Å². The first kappa shape index (κ1) is 45.6. The minimum Gasteiger partial charge on any atom is -0.309 e. The minimum atomic E-state index is -0.591. The van der Waals surface area contributed by atoms with E-state index in [-0.39, 0.29) is 0 Å². The van der Waals surface area contributed by atoms with Crippen molar-refractivity contribution in [3.8, 4) is 73.2 Å². The molecule has 1 aliphatic carbocycles. The van der Waals surface area contributed by atoms with E-state index >= 15 is 0 Å². The van der Waals surface area contributed by atoms with Gasteiger partial charge in [-0.2, -0.15) is 0 Å². The molecule has 0 saturated carbocycles. The summed E-state index contributed by atoms with van der Waals surface area (Å²) < 4.78 is 2.43. The third-order valence-electron chi connectivity index (χ3n) is 16.7. The molecule has 0 fully saturated rings. The first-order valence-corrected chi connectivity index (χ1v) is 27.4. The van der Waals surface area contributed by atoms with Gasteiger partial charge in [0.05, 0.1) is 16.4 Å². The highest BCUT2D eigenvalue weighted by atomic mass is 15.0. The molecular weight excluding hydrogens is 969 g/mol. The summed E-state index contributed by atoms with van der Waals surface area (Å²) in [5.41, 5.74) is 17.0. The van der Waals surface area contributed by atoms with Gasteiger partial charge in [-0.15, -0.1) is 0 Å². The van der Waals surface area contributed by atoms with E-state index in [2.05, 4.69) is 290 Å². The van der Waals surface area contributed by atoms with Crippen LogP contribution in [-0.2, 0) is 5.41 Å². The summed E-state index contributed by atoms with van der Waals surface area (Å²) >= 11 is 0. The summed E-state index contributed by atoms with van der Waals surface area (Å²) in [6, 6.07) is 106. The molecule has 0 amide bonds. The van der Waals surface area contributed by atoms with Gasteiger partial charge >= 0.3 is 0 Å². The van der Waals surface area contributed by atoms with Crippen molar-refractivity contribution in [2.24, 2.45) is 0 Å². The fourth-order valence-corrected chi connectivity index (χ4v) is 13.2. The van der Waals surface area contributed by atoms with Gasteiger partial charge in [-0.1, -0.05) is 255 Å². The number of benzene rings is 13. The second-order valence-corrected chi connectivity index (χ2v) is 21.0. The second kappa shape index (κ2) is 18.3. The van der Waals surface area contributed by atoms with Gasteiger partial charge in [-0.05, 0) is 124 Å². The van der Waals surface area contributed by atoms with Gasteiger partial charge in [0.15, 0.2) is 17.5 Å². The van der Waals surface area contributed by atoms with Crippen LogP contribution in [0.2, 0.25) is 0 Å². The number of fused-ring (bicyclic) bond motifs is 12. The van der Waals surface area contributed by atoms with Crippen LogP contribution in [0.5, 0.6) is 0 Å². The molecule has 0 aliphatic heterocycles. The monoisotopic (exact) mass is 1020 g/mol. The van der Waals surface area contributed by atoms with Crippen molar-refractivity contribution in [3.05, 3.63) is 313 Å². The number of nitrogens with zero attached hydrogens (tertiary/aromatic N) is 4. The van der Waals surface area contributed by atoms with Crippen LogP contribution in [0.25, 0.3) is 127 Å². The Hall–Kier alpha value is -10.6. The summed E-state index contributed by atoms with van der Waals surface area (Å²) in [5, 5.41) is 9.78. The standard InChI is InChI=1S/C76H48N4/c1-5-22-49(23-6-1)52-41-43-64-63-34-18-20-39-70(63)80(71(64)48-52)57-45-53(51-40-42-62-60-32-14-13-30-58(60)59-31-15-16-33-61(59)67(62)47-51)44-54(46-57)74-77-73(50-24-7-2-8-25-50)78-75(79-74)66-36-21-38-69-72(66)65-35-17-19-37-68(65)76(69,55-26-9-3-10-27-55)56-28-11-4-12-29-56/h1-48H. The van der Waals surface area contributed by atoms with Crippen molar-refractivity contribution in [2.45, 2.75) is 5.41 Å². The topological polar surface area (TPSA) is 43.6 Å². The number of para-hydroxylation sites is 1. The Balaban J connectivity index is 0.978. The summed E-state index contributed by atoms with van der Waals surface area (Å²) in [6.07, 6.45) is 0. The summed E-state index contributed by atoms with van der Waals surface area (Å²) in [6.45, 7) is 0. The number of rotatable bonds is 8. The van der Waals surface area contributed by atoms with Crippen LogP contribution >= 0.6 is 0 Å². The lowest BCUT2D eigenvalue weighted by Crippen LogP contribution is -2.28. The molecule has 0 bridgehead atoms. The molecule has 4 nitrogen and oxygen atoms in total. The average Bonchev–Trinajstić information content (AvgIpc) is 3.80. The molecule has 0 radical (unpaired) electrons. The molecular formula is C76H48N4. The Bertz CT molecular complexity index is 4860. The van der Waals surface area contributed by atoms with Crippen LogP contribution in [0.1, 0.15) is 22.3 Å². The smallest absolute Gasteiger partial charge is 0.164 e. The van der Waals surface area contributed by atoms with Crippen LogP contribution in [0.15, 0.2) is 291 Å². The first-order chi connectivity index (χ1) is 39.7. The van der Waals surface area contributed by atoms with Gasteiger partial charge in [0, 0.05) is 33.2 Å². The predicted molar refractivity (Wildman–Crippen MR) is 331 cm³/mol. The number of hydrogen-bond donors (Lipinski definition) is 0. The van der Waals surface area contributed by atoms with Crippen molar-refractivity contribution in [2.75, 3.05) is 0 Å². The van der Waals surface area contributed by atoms with E-state index in [1.807, 2.05) is 6.07 Å². The van der Waals surface area contributed by atoms with Crippen LogP contribution in [0.4, 0.5) is 0 Å². The Morgan fingerprint density at radius 3 is 1.39 bits per heavy atom. The maximum atomic E-state index is 5.67. The van der Waals surface area contributed by atoms with Crippen molar-refractivity contribution < 1.29 is 0 Å². The quantitative estimate of drug-likeness (QED) is 0.142. The molecule has 372 valence electrons. The Kier molecular flexibility index (Phi) is 10.4. The maximum absolute atomic E-state index is 5.67. The van der Waals surface area contributed by atoms with Crippen molar-refractivity contribution in [1.29, 1.82) is 0 Å². The van der Waals surface area contributed by atoms with E-state index in [9.17, 15) is 0 Å². The lowest BCUT2D eigenvalue weighted by atomic mass is 9.67. The van der Waals surface area contributed by atoms with Gasteiger partial charge in [0.25, 0.3) is 0 Å². The molecule has 0 spiro atoms. The Morgan fingerprint density at radius 1 is 0.250 bits per heavy atom. The fraction of sp³-hybridized carbons (Fsp3) is 0.0132. The Labute approximate surface area is 463 Å². The zero-order valence-corrected chi connectivity index (χ0v) is 43.5. The minimum absolute atomic E-state index is 0.584. The predicted octanol–water partition coefficient (Wildman–Crippen LogP) is 19.1. The van der Waals surface area contributed by atoms with E-state index in [0.29, 0.717) is 17.5 Å². The second-order valence-electron chi connectivity index (χ2n) is 21.0. The van der Waals surface area contributed by atoms with Crippen LogP contribution < -0.4 is 0 Å². The molecule has 13 aromatic carbocycles. The van der Waals surface area contributed by atoms with E-state index < -0.39 is 5.41 Å². The largest absolute Gasteiger partial charge is 0.309 e. The molecule has 1 aliphatic rings. The maximum Gasteiger partial charge on any atom is 0.164 e. The highest BCUT2D eigenvalue weighted by Crippen LogP contribution is 2.58. The summed E-state index contributed by atoms with van der Waals surface area (Å²) in [4.78, 5) is 16.6. The van der Waals surface area contributed by atoms with Gasteiger partial charge in [0.2, 0.25) is 0 Å². The lowest BCUT2D eigenvalue weighted by Gasteiger charge is -2.33. The van der Waals surface area contributed by atoms with Gasteiger partial charge < -0.3 is 4.57 Å². The van der Waals surface area contributed by atoms with E-state index in [1.165, 1.54) is 70.9 Å². The zero-order chi connectivity index (χ0) is 52.7. The van der Waals surface area contributed by atoms with Crippen molar-refractivity contribution in [1.82, 2.24) is 19.5 Å².